The maximum Gasteiger partial charge on any atom is 0.245 e. The second-order valence-corrected chi connectivity index (χ2v) is 8.31. The first kappa shape index (κ1) is 17.4. The zero-order valence-electron chi connectivity index (χ0n) is 13.8. The van der Waals surface area contributed by atoms with Crippen LogP contribution in [0.1, 0.15) is 11.7 Å². The van der Waals surface area contributed by atoms with Gasteiger partial charge in [0.2, 0.25) is 15.9 Å². The van der Waals surface area contributed by atoms with Crippen LogP contribution in [0.4, 0.5) is 11.4 Å². The van der Waals surface area contributed by atoms with Crippen molar-refractivity contribution in [3.63, 3.8) is 0 Å². The smallest absolute Gasteiger partial charge is 0.245 e. The molecular weight excluding hydrogens is 378 g/mol. The molecule has 0 bridgehead atoms. The first-order valence-corrected chi connectivity index (χ1v) is 10.2. The number of aromatic nitrogens is 2. The lowest BCUT2D eigenvalue weighted by Gasteiger charge is -2.33. The minimum absolute atomic E-state index is 0.204. The number of benzene rings is 1. The SMILES string of the molecule is NCc1nc(CN2CCN(S(=O)(=O)c3cccc4c3N=S=N4)CC2)no1. The van der Waals surface area contributed by atoms with Crippen molar-refractivity contribution in [2.45, 2.75) is 18.0 Å². The maximum atomic E-state index is 13.0. The van der Waals surface area contributed by atoms with Crippen LogP contribution >= 0.6 is 0 Å². The molecule has 1 fully saturated rings. The molecule has 0 unspecified atom stereocenters. The van der Waals surface area contributed by atoms with Crippen LogP contribution in [0.2, 0.25) is 0 Å². The molecular formula is C14H17N7O3S2. The Morgan fingerprint density at radius 2 is 2.00 bits per heavy atom. The van der Waals surface area contributed by atoms with E-state index < -0.39 is 10.0 Å². The van der Waals surface area contributed by atoms with Gasteiger partial charge in [-0.2, -0.15) is 18.0 Å². The number of nitrogens with two attached hydrogens (primary N) is 1. The summed E-state index contributed by atoms with van der Waals surface area (Å²) in [5.74, 6) is 0.950. The van der Waals surface area contributed by atoms with E-state index in [1.807, 2.05) is 0 Å². The zero-order valence-corrected chi connectivity index (χ0v) is 15.4. The van der Waals surface area contributed by atoms with Gasteiger partial charge in [-0.3, -0.25) is 4.90 Å². The van der Waals surface area contributed by atoms with E-state index >= 15 is 0 Å². The quantitative estimate of drug-likeness (QED) is 0.675. The molecule has 12 heteroatoms. The molecule has 3 heterocycles. The molecule has 2 aliphatic rings. The van der Waals surface area contributed by atoms with Gasteiger partial charge in [0, 0.05) is 26.2 Å². The van der Waals surface area contributed by atoms with Gasteiger partial charge in [-0.25, -0.2) is 8.42 Å². The van der Waals surface area contributed by atoms with Gasteiger partial charge in [-0.1, -0.05) is 11.2 Å². The van der Waals surface area contributed by atoms with Crippen LogP contribution in [0.25, 0.3) is 0 Å². The van der Waals surface area contributed by atoms with Gasteiger partial charge in [-0.05, 0) is 12.1 Å². The molecule has 0 atom stereocenters. The van der Waals surface area contributed by atoms with Gasteiger partial charge in [-0.15, -0.1) is 0 Å². The van der Waals surface area contributed by atoms with E-state index in [1.54, 1.807) is 18.2 Å². The van der Waals surface area contributed by atoms with Crippen molar-refractivity contribution in [3.05, 3.63) is 29.9 Å². The Hall–Kier alpha value is -1.99. The number of piperazine rings is 1. The van der Waals surface area contributed by atoms with Crippen molar-refractivity contribution in [2.24, 2.45) is 14.5 Å². The van der Waals surface area contributed by atoms with Crippen LogP contribution in [0.5, 0.6) is 0 Å². The van der Waals surface area contributed by atoms with E-state index in [4.69, 9.17) is 10.3 Å². The molecule has 0 radical (unpaired) electrons. The third-order valence-electron chi connectivity index (χ3n) is 4.25. The van der Waals surface area contributed by atoms with E-state index in [0.717, 1.165) is 11.4 Å². The van der Waals surface area contributed by atoms with Crippen molar-refractivity contribution in [3.8, 4) is 0 Å². The van der Waals surface area contributed by atoms with Crippen LogP contribution in [-0.4, -0.2) is 53.9 Å². The fourth-order valence-electron chi connectivity index (χ4n) is 2.89. The Morgan fingerprint density at radius 1 is 1.19 bits per heavy atom. The van der Waals surface area contributed by atoms with Crippen LogP contribution in [0, 0.1) is 0 Å². The molecule has 1 aromatic carbocycles. The summed E-state index contributed by atoms with van der Waals surface area (Å²) in [4.78, 5) is 6.47. The molecule has 2 N–H and O–H groups in total. The number of rotatable bonds is 5. The van der Waals surface area contributed by atoms with Crippen molar-refractivity contribution >= 4 is 32.8 Å². The third-order valence-corrected chi connectivity index (χ3v) is 6.72. The van der Waals surface area contributed by atoms with Crippen molar-refractivity contribution in [1.29, 1.82) is 0 Å². The van der Waals surface area contributed by atoms with Crippen LogP contribution in [0.15, 0.2) is 36.3 Å². The van der Waals surface area contributed by atoms with Gasteiger partial charge < -0.3 is 10.3 Å². The molecule has 10 nitrogen and oxygen atoms in total. The number of hydrogen-bond acceptors (Lipinski definition) is 9. The van der Waals surface area contributed by atoms with Crippen LogP contribution in [-0.2, 0) is 34.5 Å². The first-order chi connectivity index (χ1) is 12.6. The summed E-state index contributed by atoms with van der Waals surface area (Å²) in [5.41, 5.74) is 6.49. The molecule has 0 amide bonds. The van der Waals surface area contributed by atoms with Gasteiger partial charge in [0.25, 0.3) is 0 Å². The molecule has 0 spiro atoms. The first-order valence-electron chi connectivity index (χ1n) is 8.03. The van der Waals surface area contributed by atoms with Crippen molar-refractivity contribution in [1.82, 2.24) is 19.3 Å². The molecule has 2 aromatic rings. The second kappa shape index (κ2) is 6.96. The number of nitrogens with zero attached hydrogens (tertiary/aromatic N) is 6. The number of fused-ring (bicyclic) bond motifs is 1. The Kier molecular flexibility index (Phi) is 4.67. The molecule has 1 saturated heterocycles. The lowest BCUT2D eigenvalue weighted by atomic mass is 10.3. The van der Waals surface area contributed by atoms with E-state index in [1.165, 1.54) is 4.31 Å². The number of hydrogen-bond donors (Lipinski definition) is 1. The maximum absolute atomic E-state index is 13.0. The molecule has 1 aromatic heterocycles. The Balaban J connectivity index is 1.44. The molecule has 138 valence electrons. The minimum atomic E-state index is -3.61. The summed E-state index contributed by atoms with van der Waals surface area (Å²) < 4.78 is 40.7. The predicted octanol–water partition coefficient (Wildman–Crippen LogP) is 0.761. The van der Waals surface area contributed by atoms with Crippen LogP contribution < -0.4 is 5.73 Å². The predicted molar refractivity (Wildman–Crippen MR) is 94.2 cm³/mol. The highest BCUT2D eigenvalue weighted by Crippen LogP contribution is 2.38. The van der Waals surface area contributed by atoms with E-state index in [9.17, 15) is 8.42 Å². The Morgan fingerprint density at radius 3 is 2.73 bits per heavy atom. The zero-order chi connectivity index (χ0) is 18.1. The molecule has 0 saturated carbocycles. The van der Waals surface area contributed by atoms with Gasteiger partial charge >= 0.3 is 0 Å². The summed E-state index contributed by atoms with van der Waals surface area (Å²) >= 11 is 1.01. The van der Waals surface area contributed by atoms with Gasteiger partial charge in [0.05, 0.1) is 24.4 Å². The molecule has 4 rings (SSSR count). The Bertz CT molecular complexity index is 990. The van der Waals surface area contributed by atoms with Crippen molar-refractivity contribution < 1.29 is 12.9 Å². The van der Waals surface area contributed by atoms with Crippen LogP contribution in [0.3, 0.4) is 0 Å². The fraction of sp³-hybridized carbons (Fsp3) is 0.429. The number of sulfonamides is 1. The molecule has 26 heavy (non-hydrogen) atoms. The summed E-state index contributed by atoms with van der Waals surface area (Å²) in [6.45, 7) is 2.64. The normalized spacial score (nSPS) is 18.0. The highest BCUT2D eigenvalue weighted by molar-refractivity contribution is 7.89. The lowest BCUT2D eigenvalue weighted by molar-refractivity contribution is 0.176. The van der Waals surface area contributed by atoms with Gasteiger partial charge in [0.15, 0.2) is 5.82 Å². The summed E-state index contributed by atoms with van der Waals surface area (Å²) in [6.07, 6.45) is 0. The largest absolute Gasteiger partial charge is 0.338 e. The average molecular weight is 395 g/mol. The van der Waals surface area contributed by atoms with E-state index in [-0.39, 0.29) is 11.4 Å². The van der Waals surface area contributed by atoms with E-state index in [2.05, 4.69) is 23.8 Å². The van der Waals surface area contributed by atoms with Gasteiger partial charge in [0.1, 0.15) is 16.3 Å². The highest BCUT2D eigenvalue weighted by atomic mass is 32.2. The minimum Gasteiger partial charge on any atom is -0.338 e. The summed E-state index contributed by atoms with van der Waals surface area (Å²) in [5, 5.41) is 3.87. The fourth-order valence-corrected chi connectivity index (χ4v) is 5.07. The lowest BCUT2D eigenvalue weighted by Crippen LogP contribution is -2.48. The third kappa shape index (κ3) is 3.21. The monoisotopic (exact) mass is 395 g/mol. The second-order valence-electron chi connectivity index (χ2n) is 5.88. The molecule has 2 aliphatic heterocycles. The van der Waals surface area contributed by atoms with E-state index in [0.29, 0.717) is 55.8 Å². The standard InChI is InChI=1S/C14H17N7O3S2/c15-8-13-16-12(17-24-13)9-20-4-6-21(7-5-20)26(22,23)11-3-1-2-10-14(11)19-25-18-10/h1-3H,4-9,15H2. The highest BCUT2D eigenvalue weighted by Gasteiger charge is 2.32. The summed E-state index contributed by atoms with van der Waals surface area (Å²) in [7, 11) is -3.61. The average Bonchev–Trinajstić information content (AvgIpc) is 3.30. The molecule has 0 aliphatic carbocycles. The Labute approximate surface area is 153 Å². The van der Waals surface area contributed by atoms with Crippen molar-refractivity contribution in [2.75, 3.05) is 26.2 Å². The summed E-state index contributed by atoms with van der Waals surface area (Å²) in [6, 6.07) is 5.04. The topological polar surface area (TPSA) is 130 Å².